The summed E-state index contributed by atoms with van der Waals surface area (Å²) in [5, 5.41) is 6.31. The number of guanidine groups is 1. The highest BCUT2D eigenvalue weighted by molar-refractivity contribution is 5.80. The lowest BCUT2D eigenvalue weighted by atomic mass is 10.4. The topological polar surface area (TPSA) is 45.7 Å². The number of nitrogens with one attached hydrogen (secondary N) is 2. The second-order valence-electron chi connectivity index (χ2n) is 4.20. The van der Waals surface area contributed by atoms with Crippen LogP contribution in [0.4, 0.5) is 13.2 Å². The van der Waals surface area contributed by atoms with Gasteiger partial charge in [-0.05, 0) is 26.2 Å². The van der Waals surface area contributed by atoms with Gasteiger partial charge in [0.25, 0.3) is 0 Å². The van der Waals surface area contributed by atoms with E-state index in [9.17, 15) is 13.2 Å². The molecule has 0 aliphatic heterocycles. The Kier molecular flexibility index (Phi) is 6.24. The van der Waals surface area contributed by atoms with Gasteiger partial charge in [0, 0.05) is 25.7 Å². The van der Waals surface area contributed by atoms with Crippen LogP contribution in [-0.4, -0.2) is 44.5 Å². The molecule has 1 saturated carbocycles. The second-order valence-corrected chi connectivity index (χ2v) is 4.20. The fourth-order valence-electron chi connectivity index (χ4n) is 1.29. The molecule has 0 unspecified atom stereocenters. The van der Waals surface area contributed by atoms with Gasteiger partial charge in [0.15, 0.2) is 5.96 Å². The van der Waals surface area contributed by atoms with Crippen molar-refractivity contribution < 1.29 is 17.9 Å². The quantitative estimate of drug-likeness (QED) is 0.419. The number of aliphatic imine (C=N–C) groups is 1. The van der Waals surface area contributed by atoms with E-state index in [0.29, 0.717) is 19.0 Å². The highest BCUT2D eigenvalue weighted by Crippen LogP contribution is 2.18. The summed E-state index contributed by atoms with van der Waals surface area (Å²) in [6.07, 6.45) is -1.46. The monoisotopic (exact) mass is 267 g/mol. The fraction of sp³-hybridized carbons (Fsp3) is 0.909. The molecule has 1 aliphatic rings. The largest absolute Gasteiger partial charge is 0.411 e. The molecular weight excluding hydrogens is 247 g/mol. The predicted octanol–water partition coefficient (Wildman–Crippen LogP) is 1.67. The first kappa shape index (κ1) is 15.1. The number of alkyl halides is 3. The van der Waals surface area contributed by atoms with E-state index in [0.717, 1.165) is 25.3 Å². The van der Waals surface area contributed by atoms with Gasteiger partial charge in [0.05, 0.1) is 0 Å². The van der Waals surface area contributed by atoms with Gasteiger partial charge in [-0.25, -0.2) is 0 Å². The van der Waals surface area contributed by atoms with E-state index in [1.165, 1.54) is 0 Å². The van der Waals surface area contributed by atoms with Crippen molar-refractivity contribution in [2.45, 2.75) is 38.4 Å². The Labute approximate surface area is 105 Å². The molecule has 0 heterocycles. The van der Waals surface area contributed by atoms with Crippen LogP contribution in [0.3, 0.4) is 0 Å². The summed E-state index contributed by atoms with van der Waals surface area (Å²) in [5.74, 6) is 0.732. The van der Waals surface area contributed by atoms with Crippen molar-refractivity contribution >= 4 is 5.96 Å². The standard InChI is InChI=1S/C11H20F3N3O/c1-2-15-10(17-9-4-5-9)16-6-3-7-18-8-11(12,13)14/h9H,2-8H2,1H3,(H2,15,16,17). The van der Waals surface area contributed by atoms with Crippen molar-refractivity contribution in [1.29, 1.82) is 0 Å². The third-order valence-corrected chi connectivity index (χ3v) is 2.24. The van der Waals surface area contributed by atoms with Crippen LogP contribution < -0.4 is 10.6 Å². The summed E-state index contributed by atoms with van der Waals surface area (Å²) < 4.78 is 39.8. The number of hydrogen-bond donors (Lipinski definition) is 2. The first-order chi connectivity index (χ1) is 8.51. The van der Waals surface area contributed by atoms with E-state index >= 15 is 0 Å². The summed E-state index contributed by atoms with van der Waals surface area (Å²) in [6.45, 7) is 2.09. The fourth-order valence-corrected chi connectivity index (χ4v) is 1.29. The van der Waals surface area contributed by atoms with Gasteiger partial charge in [-0.3, -0.25) is 4.99 Å². The maximum Gasteiger partial charge on any atom is 0.411 e. The molecule has 106 valence electrons. The summed E-state index contributed by atoms with van der Waals surface area (Å²) in [5.41, 5.74) is 0. The maximum atomic E-state index is 11.8. The van der Waals surface area contributed by atoms with Gasteiger partial charge in [0.2, 0.25) is 0 Å². The molecule has 1 fully saturated rings. The van der Waals surface area contributed by atoms with E-state index in [1.807, 2.05) is 6.92 Å². The van der Waals surface area contributed by atoms with Crippen molar-refractivity contribution in [2.24, 2.45) is 4.99 Å². The molecule has 4 nitrogen and oxygen atoms in total. The number of rotatable bonds is 7. The molecule has 0 amide bonds. The van der Waals surface area contributed by atoms with Crippen LogP contribution in [0.1, 0.15) is 26.2 Å². The summed E-state index contributed by atoms with van der Waals surface area (Å²) >= 11 is 0. The van der Waals surface area contributed by atoms with Crippen LogP contribution in [0.5, 0.6) is 0 Å². The predicted molar refractivity (Wildman–Crippen MR) is 63.6 cm³/mol. The number of nitrogens with zero attached hydrogens (tertiary/aromatic N) is 1. The minimum atomic E-state index is -4.24. The van der Waals surface area contributed by atoms with E-state index in [4.69, 9.17) is 0 Å². The lowest BCUT2D eigenvalue weighted by Gasteiger charge is -2.10. The zero-order valence-corrected chi connectivity index (χ0v) is 10.5. The summed E-state index contributed by atoms with van der Waals surface area (Å²) in [7, 11) is 0. The van der Waals surface area contributed by atoms with Gasteiger partial charge in [-0.1, -0.05) is 0 Å². The molecule has 0 aromatic carbocycles. The Balaban J connectivity index is 2.08. The van der Waals surface area contributed by atoms with E-state index in [-0.39, 0.29) is 6.61 Å². The molecule has 0 spiro atoms. The molecule has 0 radical (unpaired) electrons. The molecule has 1 aliphatic carbocycles. The van der Waals surface area contributed by atoms with Crippen LogP contribution in [0.15, 0.2) is 4.99 Å². The highest BCUT2D eigenvalue weighted by Gasteiger charge is 2.27. The van der Waals surface area contributed by atoms with Crippen LogP contribution in [0.25, 0.3) is 0 Å². The van der Waals surface area contributed by atoms with Gasteiger partial charge in [-0.2, -0.15) is 13.2 Å². The maximum absolute atomic E-state index is 11.8. The first-order valence-electron chi connectivity index (χ1n) is 6.20. The molecule has 0 aromatic rings. The van der Waals surface area contributed by atoms with E-state index < -0.39 is 12.8 Å². The number of ether oxygens (including phenoxy) is 1. The molecule has 0 bridgehead atoms. The molecule has 0 aromatic heterocycles. The van der Waals surface area contributed by atoms with Crippen LogP contribution in [0, 0.1) is 0 Å². The van der Waals surface area contributed by atoms with Gasteiger partial charge < -0.3 is 15.4 Å². The zero-order valence-electron chi connectivity index (χ0n) is 10.5. The van der Waals surface area contributed by atoms with Crippen LogP contribution >= 0.6 is 0 Å². The van der Waals surface area contributed by atoms with Gasteiger partial charge in [0.1, 0.15) is 6.61 Å². The highest BCUT2D eigenvalue weighted by atomic mass is 19.4. The minimum Gasteiger partial charge on any atom is -0.372 e. The SMILES string of the molecule is CCNC(=NCCCOCC(F)(F)F)NC1CC1. The molecule has 1 rings (SSSR count). The van der Waals surface area contributed by atoms with E-state index in [2.05, 4.69) is 20.4 Å². The molecule has 0 atom stereocenters. The Morgan fingerprint density at radius 1 is 1.39 bits per heavy atom. The summed E-state index contributed by atoms with van der Waals surface area (Å²) in [6, 6.07) is 0.504. The van der Waals surface area contributed by atoms with Crippen molar-refractivity contribution in [3.8, 4) is 0 Å². The smallest absolute Gasteiger partial charge is 0.372 e. The van der Waals surface area contributed by atoms with Crippen LogP contribution in [-0.2, 0) is 4.74 Å². The third kappa shape index (κ3) is 8.16. The average Bonchev–Trinajstić information content (AvgIpc) is 3.05. The van der Waals surface area contributed by atoms with Crippen molar-refractivity contribution in [3.05, 3.63) is 0 Å². The molecule has 7 heteroatoms. The van der Waals surface area contributed by atoms with Gasteiger partial charge >= 0.3 is 6.18 Å². The van der Waals surface area contributed by atoms with Crippen molar-refractivity contribution in [3.63, 3.8) is 0 Å². The van der Waals surface area contributed by atoms with E-state index in [1.54, 1.807) is 0 Å². The molecule has 18 heavy (non-hydrogen) atoms. The zero-order chi connectivity index (χ0) is 13.4. The van der Waals surface area contributed by atoms with Crippen molar-refractivity contribution in [1.82, 2.24) is 10.6 Å². The Morgan fingerprint density at radius 2 is 2.11 bits per heavy atom. The normalized spacial score (nSPS) is 16.8. The molecular formula is C11H20F3N3O. The van der Waals surface area contributed by atoms with Crippen LogP contribution in [0.2, 0.25) is 0 Å². The Bertz CT molecular complexity index is 265. The lowest BCUT2D eigenvalue weighted by Crippen LogP contribution is -2.38. The Hall–Kier alpha value is -0.980. The molecule has 0 saturated heterocycles. The van der Waals surface area contributed by atoms with Gasteiger partial charge in [-0.15, -0.1) is 0 Å². The first-order valence-corrected chi connectivity index (χ1v) is 6.20. The average molecular weight is 267 g/mol. The number of halogens is 3. The molecule has 2 N–H and O–H groups in total. The third-order valence-electron chi connectivity index (χ3n) is 2.24. The lowest BCUT2D eigenvalue weighted by molar-refractivity contribution is -0.173. The Morgan fingerprint density at radius 3 is 2.67 bits per heavy atom. The minimum absolute atomic E-state index is 0.0752. The number of hydrogen-bond acceptors (Lipinski definition) is 2. The second kappa shape index (κ2) is 7.45. The van der Waals surface area contributed by atoms with Crippen molar-refractivity contribution in [2.75, 3.05) is 26.3 Å². The summed E-state index contributed by atoms with van der Waals surface area (Å²) in [4.78, 5) is 4.26.